The zero-order valence-corrected chi connectivity index (χ0v) is 28.2. The molecule has 47 heavy (non-hydrogen) atoms. The minimum Gasteiger partial charge on any atom is -0.376 e. The molecule has 5 heterocycles. The number of piperidine rings is 1. The van der Waals surface area contributed by atoms with Gasteiger partial charge in [-0.3, -0.25) is 9.80 Å². The number of aromatic nitrogens is 3. The maximum atomic E-state index is 13.1. The van der Waals surface area contributed by atoms with Gasteiger partial charge in [0.15, 0.2) is 0 Å². The summed E-state index contributed by atoms with van der Waals surface area (Å²) in [5.74, 6) is 0.963. The number of rotatable bonds is 9. The molecule has 1 aromatic carbocycles. The molecule has 250 valence electrons. The number of hydrogen-bond donors (Lipinski definition) is 2. The first-order valence-corrected chi connectivity index (χ1v) is 16.9. The van der Waals surface area contributed by atoms with Gasteiger partial charge in [0.2, 0.25) is 5.95 Å². The number of thiophene rings is 1. The number of nitrogens with one attached hydrogen (secondary N) is 2. The number of nitriles is 1. The van der Waals surface area contributed by atoms with E-state index in [0.717, 1.165) is 86.6 Å². The Labute approximate surface area is 277 Å². The summed E-state index contributed by atoms with van der Waals surface area (Å²) < 4.78 is 41.4. The number of likely N-dealkylation sites (N-methyl/N-ethyl adjacent to an activating group) is 1. The van der Waals surface area contributed by atoms with Crippen LogP contribution < -0.4 is 10.6 Å². The molecule has 3 aromatic heterocycles. The minimum absolute atomic E-state index is 0.148. The standard InChI is InChI=1S/C34H42F3N9S/c1-21-18-45(13-12-43(21)5)22(2)19-46-26(17-38)14-28-23(3)24(6-7-30(28)46)20-44-10-8-25(9-11-44)40-31-29-15-27(16-34(35,36)37)47-32(29)42-33(39-4)41-31/h6-7,14-15,22,25H,1,8-13,16,18-20H2,2-5H3,(H2,39,40,41,42)/t22-/m0/s1. The van der Waals surface area contributed by atoms with Crippen molar-refractivity contribution in [2.75, 3.05) is 57.5 Å². The van der Waals surface area contributed by atoms with Crippen LogP contribution in [-0.2, 0) is 19.5 Å². The van der Waals surface area contributed by atoms with Crippen molar-refractivity contribution < 1.29 is 13.2 Å². The van der Waals surface area contributed by atoms with Gasteiger partial charge >= 0.3 is 6.18 Å². The number of benzene rings is 1. The second-order valence-electron chi connectivity index (χ2n) is 12.9. The van der Waals surface area contributed by atoms with Crippen molar-refractivity contribution in [1.82, 2.24) is 29.2 Å². The molecule has 13 heteroatoms. The summed E-state index contributed by atoms with van der Waals surface area (Å²) in [4.78, 5) is 16.8. The third kappa shape index (κ3) is 7.20. The topological polar surface area (TPSA) is 88.3 Å². The third-order valence-electron chi connectivity index (χ3n) is 9.66. The summed E-state index contributed by atoms with van der Waals surface area (Å²) in [6.45, 7) is 14.7. The van der Waals surface area contributed by atoms with E-state index in [4.69, 9.17) is 0 Å². The molecule has 2 N–H and O–H groups in total. The van der Waals surface area contributed by atoms with Gasteiger partial charge in [0.1, 0.15) is 22.4 Å². The van der Waals surface area contributed by atoms with Crippen LogP contribution in [0, 0.1) is 18.3 Å². The minimum atomic E-state index is -4.27. The first-order chi connectivity index (χ1) is 22.4. The zero-order chi connectivity index (χ0) is 33.5. The molecule has 0 radical (unpaired) electrons. The van der Waals surface area contributed by atoms with Crippen molar-refractivity contribution in [2.45, 2.75) is 64.5 Å². The van der Waals surface area contributed by atoms with Crippen LogP contribution in [0.5, 0.6) is 0 Å². The Morgan fingerprint density at radius 2 is 1.89 bits per heavy atom. The first kappa shape index (κ1) is 33.1. The van der Waals surface area contributed by atoms with E-state index in [0.29, 0.717) is 27.7 Å². The summed E-state index contributed by atoms with van der Waals surface area (Å²) in [6.07, 6.45) is -3.48. The van der Waals surface area contributed by atoms with Crippen molar-refractivity contribution in [3.63, 3.8) is 0 Å². The summed E-state index contributed by atoms with van der Waals surface area (Å²) >= 11 is 1.06. The number of anilines is 2. The van der Waals surface area contributed by atoms with Gasteiger partial charge in [0.05, 0.1) is 11.8 Å². The van der Waals surface area contributed by atoms with E-state index in [1.165, 1.54) is 11.1 Å². The molecule has 2 saturated heterocycles. The number of fused-ring (bicyclic) bond motifs is 2. The van der Waals surface area contributed by atoms with Crippen LogP contribution in [0.15, 0.2) is 36.5 Å². The largest absolute Gasteiger partial charge is 0.393 e. The van der Waals surface area contributed by atoms with Crippen LogP contribution in [0.25, 0.3) is 21.1 Å². The maximum Gasteiger partial charge on any atom is 0.393 e. The monoisotopic (exact) mass is 665 g/mol. The fraction of sp³-hybridized carbons (Fsp3) is 0.500. The van der Waals surface area contributed by atoms with E-state index in [2.05, 4.69) is 85.5 Å². The smallest absolute Gasteiger partial charge is 0.376 e. The molecular weight excluding hydrogens is 623 g/mol. The van der Waals surface area contributed by atoms with Gasteiger partial charge in [-0.05, 0) is 56.0 Å². The molecule has 0 bridgehead atoms. The van der Waals surface area contributed by atoms with Gasteiger partial charge in [-0.15, -0.1) is 11.3 Å². The SMILES string of the molecule is C=C1CN([C@@H](C)Cn2c(C#N)cc3c(C)c(CN4CCC(Nc5nc(NC)nc6sc(CC(F)(F)F)cc56)CC4)ccc32)CCN1C. The average molecular weight is 666 g/mol. The second kappa shape index (κ2) is 13.3. The molecule has 0 saturated carbocycles. The maximum absolute atomic E-state index is 13.1. The zero-order valence-electron chi connectivity index (χ0n) is 27.4. The number of alkyl halides is 3. The molecule has 2 fully saturated rings. The molecule has 0 unspecified atom stereocenters. The average Bonchev–Trinajstić information content (AvgIpc) is 3.60. The summed E-state index contributed by atoms with van der Waals surface area (Å²) in [5.41, 5.74) is 5.35. The van der Waals surface area contributed by atoms with Gasteiger partial charge in [0.25, 0.3) is 0 Å². The highest BCUT2D eigenvalue weighted by molar-refractivity contribution is 7.18. The quantitative estimate of drug-likeness (QED) is 0.219. The summed E-state index contributed by atoms with van der Waals surface area (Å²) in [6, 6.07) is 10.8. The first-order valence-electron chi connectivity index (χ1n) is 16.1. The lowest BCUT2D eigenvalue weighted by atomic mass is 10.0. The Balaban J connectivity index is 1.12. The predicted octanol–water partition coefficient (Wildman–Crippen LogP) is 6.20. The second-order valence-corrected chi connectivity index (χ2v) is 14.0. The number of halogens is 3. The molecule has 0 spiro atoms. The Bertz CT molecular complexity index is 1810. The Morgan fingerprint density at radius 3 is 2.57 bits per heavy atom. The normalized spacial score (nSPS) is 17.8. The Kier molecular flexibility index (Phi) is 9.38. The molecule has 2 aliphatic heterocycles. The fourth-order valence-corrected chi connectivity index (χ4v) is 7.81. The molecule has 2 aliphatic rings. The lowest BCUT2D eigenvalue weighted by molar-refractivity contribution is -0.126. The summed E-state index contributed by atoms with van der Waals surface area (Å²) in [5, 5.41) is 18.2. The molecule has 0 aliphatic carbocycles. The van der Waals surface area contributed by atoms with E-state index in [9.17, 15) is 18.4 Å². The van der Waals surface area contributed by atoms with Crippen LogP contribution in [-0.4, -0.2) is 94.3 Å². The van der Waals surface area contributed by atoms with Crippen LogP contribution in [0.4, 0.5) is 24.9 Å². The molecule has 4 aromatic rings. The number of piperazine rings is 1. The lowest BCUT2D eigenvalue weighted by Gasteiger charge is -2.39. The number of nitrogens with zero attached hydrogens (tertiary/aromatic N) is 7. The highest BCUT2D eigenvalue weighted by atomic mass is 32.1. The van der Waals surface area contributed by atoms with Crippen molar-refractivity contribution in [1.29, 1.82) is 5.26 Å². The number of aryl methyl sites for hydroxylation is 1. The Hall–Kier alpha value is -3.86. The molecule has 0 amide bonds. The highest BCUT2D eigenvalue weighted by Gasteiger charge is 2.30. The van der Waals surface area contributed by atoms with Crippen molar-refractivity contribution in [3.05, 3.63) is 58.2 Å². The van der Waals surface area contributed by atoms with E-state index >= 15 is 0 Å². The van der Waals surface area contributed by atoms with Crippen molar-refractivity contribution in [3.8, 4) is 6.07 Å². The van der Waals surface area contributed by atoms with E-state index < -0.39 is 12.6 Å². The number of hydrogen-bond acceptors (Lipinski definition) is 9. The van der Waals surface area contributed by atoms with E-state index in [1.54, 1.807) is 13.1 Å². The van der Waals surface area contributed by atoms with Crippen LogP contribution in [0.2, 0.25) is 0 Å². The van der Waals surface area contributed by atoms with Gasteiger partial charge in [-0.1, -0.05) is 12.6 Å². The molecular formula is C34H42F3N9S. The van der Waals surface area contributed by atoms with Gasteiger partial charge in [-0.25, -0.2) is 4.98 Å². The van der Waals surface area contributed by atoms with Crippen LogP contribution in [0.3, 0.4) is 0 Å². The van der Waals surface area contributed by atoms with E-state index in [1.807, 2.05) is 6.07 Å². The van der Waals surface area contributed by atoms with E-state index in [-0.39, 0.29) is 17.0 Å². The number of likely N-dealkylation sites (tertiary alicyclic amines) is 1. The lowest BCUT2D eigenvalue weighted by Crippen LogP contribution is -2.47. The summed E-state index contributed by atoms with van der Waals surface area (Å²) in [7, 11) is 3.79. The van der Waals surface area contributed by atoms with Gasteiger partial charge in [0, 0.05) is 93.5 Å². The van der Waals surface area contributed by atoms with Crippen molar-refractivity contribution >= 4 is 44.2 Å². The van der Waals surface area contributed by atoms with Gasteiger partial charge < -0.3 is 20.1 Å². The van der Waals surface area contributed by atoms with Crippen LogP contribution >= 0.6 is 11.3 Å². The third-order valence-corrected chi connectivity index (χ3v) is 10.7. The van der Waals surface area contributed by atoms with Crippen LogP contribution in [0.1, 0.15) is 41.5 Å². The molecule has 9 nitrogen and oxygen atoms in total. The van der Waals surface area contributed by atoms with Crippen molar-refractivity contribution in [2.24, 2.45) is 0 Å². The fourth-order valence-electron chi connectivity index (χ4n) is 6.76. The Morgan fingerprint density at radius 1 is 1.13 bits per heavy atom. The predicted molar refractivity (Wildman–Crippen MR) is 183 cm³/mol. The highest BCUT2D eigenvalue weighted by Crippen LogP contribution is 2.35. The molecule has 1 atom stereocenters. The van der Waals surface area contributed by atoms with Gasteiger partial charge in [-0.2, -0.15) is 23.4 Å². The molecule has 6 rings (SSSR count).